The topological polar surface area (TPSA) is 134 Å². The molecule has 7 heteroatoms. The minimum absolute atomic E-state index is 0.0145. The van der Waals surface area contributed by atoms with Crippen molar-refractivity contribution in [3.05, 3.63) is 0 Å². The van der Waals surface area contributed by atoms with E-state index >= 15 is 0 Å². The van der Waals surface area contributed by atoms with Gasteiger partial charge in [-0.05, 0) is 19.3 Å². The third-order valence-electron chi connectivity index (χ3n) is 4.23. The first-order valence-corrected chi connectivity index (χ1v) is 9.67. The van der Waals surface area contributed by atoms with E-state index in [1.807, 2.05) is 0 Å². The maximum absolute atomic E-state index is 11.2. The van der Waals surface area contributed by atoms with Gasteiger partial charge in [-0.3, -0.25) is 9.79 Å². The number of nitrogens with one attached hydrogen (secondary N) is 1. The van der Waals surface area contributed by atoms with Crippen LogP contribution in [0.2, 0.25) is 0 Å². The summed E-state index contributed by atoms with van der Waals surface area (Å²) in [6, 6.07) is -0.678. The van der Waals surface area contributed by atoms with Gasteiger partial charge in [0, 0.05) is 13.1 Å². The van der Waals surface area contributed by atoms with Crippen LogP contribution in [0.5, 0.6) is 0 Å². The third-order valence-corrected chi connectivity index (χ3v) is 4.23. The Morgan fingerprint density at radius 2 is 1.60 bits per heavy atom. The second-order valence-corrected chi connectivity index (χ2v) is 6.67. The van der Waals surface area contributed by atoms with Crippen LogP contribution in [0.3, 0.4) is 0 Å². The average molecular weight is 359 g/mol. The first kappa shape index (κ1) is 23.7. The molecule has 0 heterocycles. The minimum Gasteiger partial charge on any atom is -0.480 e. The van der Waals surface area contributed by atoms with Crippen molar-refractivity contribution in [2.45, 2.75) is 89.7 Å². The van der Waals surface area contributed by atoms with Gasteiger partial charge in [0.1, 0.15) is 6.04 Å². The van der Waals surface area contributed by atoms with E-state index < -0.39 is 18.1 Å². The van der Waals surface area contributed by atoms with Gasteiger partial charge < -0.3 is 27.0 Å². The van der Waals surface area contributed by atoms with Crippen LogP contribution in [0.15, 0.2) is 4.99 Å². The van der Waals surface area contributed by atoms with Gasteiger partial charge in [-0.15, -0.1) is 0 Å². The largest absolute Gasteiger partial charge is 0.480 e. The summed E-state index contributed by atoms with van der Waals surface area (Å²) in [4.78, 5) is 15.1. The summed E-state index contributed by atoms with van der Waals surface area (Å²) in [5.41, 5.74) is 10.5. The number of nitrogens with zero attached hydrogens (tertiary/aromatic N) is 1. The number of aliphatic hydroxyl groups excluding tert-OH is 1. The van der Waals surface area contributed by atoms with Gasteiger partial charge in [-0.2, -0.15) is 0 Å². The van der Waals surface area contributed by atoms with Crippen LogP contribution in [0, 0.1) is 0 Å². The fourth-order valence-corrected chi connectivity index (χ4v) is 2.71. The monoisotopic (exact) mass is 358 g/mol. The Kier molecular flexibility index (Phi) is 15.3. The molecule has 0 aliphatic heterocycles. The molecule has 0 aliphatic carbocycles. The lowest BCUT2D eigenvalue weighted by Crippen LogP contribution is -2.41. The molecule has 7 nitrogen and oxygen atoms in total. The Hall–Kier alpha value is -1.34. The summed E-state index contributed by atoms with van der Waals surface area (Å²) in [7, 11) is 0. The second kappa shape index (κ2) is 16.1. The van der Waals surface area contributed by atoms with Gasteiger partial charge >= 0.3 is 5.97 Å². The Morgan fingerprint density at radius 1 is 1.00 bits per heavy atom. The Balaban J connectivity index is 3.72. The Bertz CT molecular complexity index is 360. The molecule has 0 aromatic heterocycles. The number of guanidine groups is 1. The normalized spacial score (nSPS) is 13.4. The minimum atomic E-state index is -0.913. The molecule has 0 spiro atoms. The number of rotatable bonds is 17. The van der Waals surface area contributed by atoms with Gasteiger partial charge in [0.05, 0.1) is 6.10 Å². The molecule has 0 rings (SSSR count). The molecular weight excluding hydrogens is 320 g/mol. The maximum atomic E-state index is 11.2. The number of nitrogens with two attached hydrogens (primary N) is 2. The highest BCUT2D eigenvalue weighted by Gasteiger charge is 2.17. The number of aliphatic carboxylic acids is 1. The molecule has 148 valence electrons. The van der Waals surface area contributed by atoms with Crippen molar-refractivity contribution in [1.82, 2.24) is 5.32 Å². The smallest absolute Gasteiger partial charge is 0.320 e. The van der Waals surface area contributed by atoms with Crippen LogP contribution in [0.4, 0.5) is 0 Å². The van der Waals surface area contributed by atoms with Crippen LogP contribution in [-0.4, -0.2) is 47.4 Å². The first-order chi connectivity index (χ1) is 12.0. The summed E-state index contributed by atoms with van der Waals surface area (Å²) in [6.07, 6.45) is 11.0. The number of carboxylic acid groups (broad SMARTS) is 1. The van der Waals surface area contributed by atoms with E-state index in [0.29, 0.717) is 32.4 Å². The Morgan fingerprint density at radius 3 is 2.16 bits per heavy atom. The molecule has 1 unspecified atom stereocenters. The average Bonchev–Trinajstić information content (AvgIpc) is 2.55. The van der Waals surface area contributed by atoms with Crippen molar-refractivity contribution < 1.29 is 15.0 Å². The molecule has 0 saturated carbocycles. The summed E-state index contributed by atoms with van der Waals surface area (Å²) in [6.45, 7) is 2.93. The fraction of sp³-hybridized carbons (Fsp3) is 0.889. The van der Waals surface area contributed by atoms with Gasteiger partial charge in [-0.1, -0.05) is 58.3 Å². The van der Waals surface area contributed by atoms with Crippen LogP contribution >= 0.6 is 0 Å². The molecule has 0 amide bonds. The van der Waals surface area contributed by atoms with Crippen LogP contribution in [0.1, 0.15) is 77.6 Å². The zero-order valence-electron chi connectivity index (χ0n) is 15.8. The molecule has 0 radical (unpaired) electrons. The molecule has 0 aromatic carbocycles. The predicted octanol–water partition coefficient (Wildman–Crippen LogP) is 1.97. The van der Waals surface area contributed by atoms with E-state index in [9.17, 15) is 15.0 Å². The van der Waals surface area contributed by atoms with Gasteiger partial charge in [0.25, 0.3) is 0 Å². The third kappa shape index (κ3) is 15.9. The van der Waals surface area contributed by atoms with E-state index in [1.54, 1.807) is 0 Å². The highest BCUT2D eigenvalue weighted by molar-refractivity contribution is 5.75. The van der Waals surface area contributed by atoms with E-state index in [0.717, 1.165) is 12.8 Å². The van der Waals surface area contributed by atoms with E-state index in [4.69, 9.17) is 11.5 Å². The molecule has 0 aromatic rings. The number of carbonyl (C=O) groups is 1. The molecule has 0 bridgehead atoms. The quantitative estimate of drug-likeness (QED) is 0.153. The Labute approximate surface area is 152 Å². The van der Waals surface area contributed by atoms with Crippen LogP contribution < -0.4 is 16.8 Å². The van der Waals surface area contributed by atoms with E-state index in [2.05, 4.69) is 17.2 Å². The van der Waals surface area contributed by atoms with Gasteiger partial charge in [0.15, 0.2) is 5.96 Å². The summed E-state index contributed by atoms with van der Waals surface area (Å²) >= 11 is 0. The van der Waals surface area contributed by atoms with E-state index in [1.165, 1.54) is 38.5 Å². The zero-order valence-corrected chi connectivity index (χ0v) is 15.8. The number of aliphatic imine (C=N–C) groups is 1. The molecular formula is C18H38N4O3. The van der Waals surface area contributed by atoms with Crippen molar-refractivity contribution in [2.75, 3.05) is 13.1 Å². The first-order valence-electron chi connectivity index (χ1n) is 9.67. The fourth-order valence-electron chi connectivity index (χ4n) is 2.71. The van der Waals surface area contributed by atoms with Crippen LogP contribution in [0.25, 0.3) is 0 Å². The molecule has 2 atom stereocenters. The highest BCUT2D eigenvalue weighted by atomic mass is 16.4. The van der Waals surface area contributed by atoms with E-state index in [-0.39, 0.29) is 5.96 Å². The summed E-state index contributed by atoms with van der Waals surface area (Å²) in [5.74, 6) is -0.899. The van der Waals surface area contributed by atoms with Gasteiger partial charge in [0.2, 0.25) is 0 Å². The van der Waals surface area contributed by atoms with Gasteiger partial charge in [-0.25, -0.2) is 0 Å². The predicted molar refractivity (Wildman–Crippen MR) is 103 cm³/mol. The SMILES string of the molecule is CCCCCCCCCCC(O)CN[C@@H](CCCN=C(N)N)C(=O)O. The lowest BCUT2D eigenvalue weighted by Gasteiger charge is -2.17. The number of hydrogen-bond acceptors (Lipinski definition) is 4. The molecule has 0 aliphatic rings. The highest BCUT2D eigenvalue weighted by Crippen LogP contribution is 2.10. The lowest BCUT2D eigenvalue weighted by atomic mass is 10.1. The lowest BCUT2D eigenvalue weighted by molar-refractivity contribution is -0.139. The van der Waals surface area contributed by atoms with Crippen molar-refractivity contribution in [3.8, 4) is 0 Å². The van der Waals surface area contributed by atoms with Crippen molar-refractivity contribution in [3.63, 3.8) is 0 Å². The van der Waals surface area contributed by atoms with Crippen molar-refractivity contribution in [2.24, 2.45) is 16.5 Å². The summed E-state index contributed by atoms with van der Waals surface area (Å²) < 4.78 is 0. The van der Waals surface area contributed by atoms with Crippen molar-refractivity contribution in [1.29, 1.82) is 0 Å². The number of hydrogen-bond donors (Lipinski definition) is 5. The molecule has 0 fully saturated rings. The standard InChI is InChI=1S/C18H38N4O3/c1-2-3-4-5-6-7-8-9-11-15(23)14-22-16(17(24)25)12-10-13-21-18(19)20/h15-16,22-23H,2-14H2,1H3,(H,24,25)(H4,19,20,21)/t15?,16-/m0/s1. The van der Waals surface area contributed by atoms with Crippen molar-refractivity contribution >= 4 is 11.9 Å². The summed E-state index contributed by atoms with van der Waals surface area (Å²) in [5, 5.41) is 22.1. The second-order valence-electron chi connectivity index (χ2n) is 6.67. The number of unbranched alkanes of at least 4 members (excludes halogenated alkanes) is 7. The number of aliphatic hydroxyl groups is 1. The molecule has 25 heavy (non-hydrogen) atoms. The molecule has 7 N–H and O–H groups in total. The molecule has 0 saturated heterocycles. The maximum Gasteiger partial charge on any atom is 0.320 e. The van der Waals surface area contributed by atoms with Crippen LogP contribution in [-0.2, 0) is 4.79 Å². The number of carboxylic acids is 1. The zero-order chi connectivity index (χ0) is 18.9.